The Labute approximate surface area is 153 Å². The fourth-order valence-corrected chi connectivity index (χ4v) is 5.63. The van der Waals surface area contributed by atoms with Crippen molar-refractivity contribution in [3.8, 4) is 0 Å². The van der Waals surface area contributed by atoms with Gasteiger partial charge in [0.25, 0.3) is 5.91 Å². The molecule has 1 aromatic carbocycles. The molecule has 0 unspecified atom stereocenters. The molecule has 0 atom stereocenters. The topological polar surface area (TPSA) is 55.4 Å². The number of halogens is 1. The van der Waals surface area contributed by atoms with Gasteiger partial charge in [-0.25, -0.2) is 0 Å². The quantitative estimate of drug-likeness (QED) is 0.816. The van der Waals surface area contributed by atoms with Crippen LogP contribution >= 0.6 is 11.6 Å². The third-order valence-electron chi connectivity index (χ3n) is 6.28. The van der Waals surface area contributed by atoms with Gasteiger partial charge in [0.2, 0.25) is 0 Å². The van der Waals surface area contributed by atoms with Crippen LogP contribution in [-0.2, 0) is 20.9 Å². The van der Waals surface area contributed by atoms with Crippen molar-refractivity contribution in [1.29, 1.82) is 0 Å². The summed E-state index contributed by atoms with van der Waals surface area (Å²) in [5.41, 5.74) is 0.852. The lowest BCUT2D eigenvalue weighted by Gasteiger charge is -2.53. The zero-order chi connectivity index (χ0) is 17.4. The number of hydrogen-bond donors (Lipinski definition) is 1. The Morgan fingerprint density at radius 3 is 2.32 bits per heavy atom. The van der Waals surface area contributed by atoms with Gasteiger partial charge in [-0.2, -0.15) is 0 Å². The Morgan fingerprint density at radius 2 is 1.68 bits per heavy atom. The van der Waals surface area contributed by atoms with E-state index in [-0.39, 0.29) is 24.4 Å². The minimum Gasteiger partial charge on any atom is -0.455 e. The van der Waals surface area contributed by atoms with E-state index in [1.165, 1.54) is 32.1 Å². The van der Waals surface area contributed by atoms with Gasteiger partial charge in [-0.1, -0.05) is 29.8 Å². The summed E-state index contributed by atoms with van der Waals surface area (Å²) < 4.78 is 5.36. The van der Waals surface area contributed by atoms with E-state index in [1.54, 1.807) is 6.07 Å². The highest BCUT2D eigenvalue weighted by Crippen LogP contribution is 2.56. The summed E-state index contributed by atoms with van der Waals surface area (Å²) in [5, 5.41) is 3.38. The molecule has 134 valence electrons. The number of carbonyl (C=O) groups is 2. The number of benzene rings is 1. The molecule has 0 spiro atoms. The van der Waals surface area contributed by atoms with Crippen molar-refractivity contribution in [2.24, 2.45) is 29.6 Å². The van der Waals surface area contributed by atoms with Gasteiger partial charge in [-0.3, -0.25) is 9.59 Å². The molecule has 4 fully saturated rings. The Bertz CT molecular complexity index is 647. The van der Waals surface area contributed by atoms with E-state index in [2.05, 4.69) is 5.32 Å². The van der Waals surface area contributed by atoms with Crippen molar-refractivity contribution in [2.45, 2.75) is 38.6 Å². The van der Waals surface area contributed by atoms with Crippen molar-refractivity contribution in [2.75, 3.05) is 6.61 Å². The van der Waals surface area contributed by atoms with Gasteiger partial charge in [0.15, 0.2) is 6.61 Å². The fourth-order valence-electron chi connectivity index (χ4n) is 5.43. The minimum absolute atomic E-state index is 0.0177. The van der Waals surface area contributed by atoms with Crippen LogP contribution in [0.15, 0.2) is 24.3 Å². The van der Waals surface area contributed by atoms with E-state index >= 15 is 0 Å². The molecule has 1 amide bonds. The van der Waals surface area contributed by atoms with E-state index in [9.17, 15) is 9.59 Å². The number of rotatable bonds is 5. The maximum absolute atomic E-state index is 12.5. The second kappa shape index (κ2) is 6.99. The molecule has 0 aliphatic heterocycles. The standard InChI is InChI=1S/C20H24ClNO3/c21-17-4-2-1-3-14(17)10-22-18(23)11-25-20(24)19-15-6-12-5-13(8-15)9-16(19)7-12/h1-4,12-13,15-16,19H,5-11H2,(H,22,23). The number of amides is 1. The molecule has 4 aliphatic rings. The number of esters is 1. The minimum atomic E-state index is -0.280. The zero-order valence-corrected chi connectivity index (χ0v) is 15.0. The largest absolute Gasteiger partial charge is 0.455 e. The van der Waals surface area contributed by atoms with E-state index in [0.717, 1.165) is 17.4 Å². The second-order valence-corrected chi connectivity index (χ2v) is 8.34. The molecule has 5 rings (SSSR count). The molecular weight excluding hydrogens is 338 g/mol. The summed E-state index contributed by atoms with van der Waals surface area (Å²) in [7, 11) is 0. The van der Waals surface area contributed by atoms with E-state index in [4.69, 9.17) is 16.3 Å². The highest BCUT2D eigenvalue weighted by Gasteiger charge is 2.51. The first-order valence-electron chi connectivity index (χ1n) is 9.27. The fraction of sp³-hybridized carbons (Fsp3) is 0.600. The van der Waals surface area contributed by atoms with Crippen LogP contribution < -0.4 is 5.32 Å². The van der Waals surface area contributed by atoms with Gasteiger partial charge < -0.3 is 10.1 Å². The first-order chi connectivity index (χ1) is 12.1. The molecule has 4 bridgehead atoms. The SMILES string of the molecule is O=C(COC(=O)C1C2CC3CC(C2)CC1C3)NCc1ccccc1Cl. The van der Waals surface area contributed by atoms with Gasteiger partial charge >= 0.3 is 5.97 Å². The Kier molecular flexibility index (Phi) is 4.72. The summed E-state index contributed by atoms with van der Waals surface area (Å²) in [4.78, 5) is 24.5. The van der Waals surface area contributed by atoms with Crippen LogP contribution in [-0.4, -0.2) is 18.5 Å². The normalized spacial score (nSPS) is 32.4. The van der Waals surface area contributed by atoms with Crippen molar-refractivity contribution < 1.29 is 14.3 Å². The maximum Gasteiger partial charge on any atom is 0.310 e. The van der Waals surface area contributed by atoms with Gasteiger partial charge in [-0.05, 0) is 67.4 Å². The van der Waals surface area contributed by atoms with E-state index < -0.39 is 0 Å². The zero-order valence-electron chi connectivity index (χ0n) is 14.2. The molecule has 4 nitrogen and oxygen atoms in total. The summed E-state index contributed by atoms with van der Waals surface area (Å²) in [6.07, 6.45) is 6.05. The molecule has 4 aliphatic carbocycles. The Balaban J connectivity index is 1.26. The van der Waals surface area contributed by atoms with Crippen LogP contribution in [0.4, 0.5) is 0 Å². The van der Waals surface area contributed by atoms with Crippen molar-refractivity contribution in [3.05, 3.63) is 34.9 Å². The molecule has 1 aromatic rings. The molecule has 25 heavy (non-hydrogen) atoms. The van der Waals surface area contributed by atoms with E-state index in [0.29, 0.717) is 23.4 Å². The lowest BCUT2D eigenvalue weighted by molar-refractivity contribution is -0.164. The number of nitrogens with one attached hydrogen (secondary N) is 1. The van der Waals surface area contributed by atoms with Gasteiger partial charge in [-0.15, -0.1) is 0 Å². The van der Waals surface area contributed by atoms with Crippen LogP contribution in [0, 0.1) is 29.6 Å². The average Bonchev–Trinajstić information content (AvgIpc) is 2.58. The van der Waals surface area contributed by atoms with Gasteiger partial charge in [0, 0.05) is 11.6 Å². The molecule has 0 aromatic heterocycles. The van der Waals surface area contributed by atoms with Crippen LogP contribution in [0.2, 0.25) is 5.02 Å². The smallest absolute Gasteiger partial charge is 0.310 e. The predicted molar refractivity (Wildman–Crippen MR) is 94.8 cm³/mol. The number of ether oxygens (including phenoxy) is 1. The lowest BCUT2D eigenvalue weighted by Crippen LogP contribution is -2.48. The Hall–Kier alpha value is -1.55. The highest BCUT2D eigenvalue weighted by atomic mass is 35.5. The molecule has 0 saturated heterocycles. The number of hydrogen-bond acceptors (Lipinski definition) is 3. The predicted octanol–water partition coefficient (Wildman–Crippen LogP) is 3.57. The molecule has 0 radical (unpaired) electrons. The van der Waals surface area contributed by atoms with Gasteiger partial charge in [0.05, 0.1) is 5.92 Å². The summed E-state index contributed by atoms with van der Waals surface area (Å²) >= 11 is 6.07. The lowest BCUT2D eigenvalue weighted by atomic mass is 9.52. The Morgan fingerprint density at radius 1 is 1.04 bits per heavy atom. The van der Waals surface area contributed by atoms with E-state index in [1.807, 2.05) is 18.2 Å². The monoisotopic (exact) mass is 361 g/mol. The summed E-state index contributed by atoms with van der Waals surface area (Å²) in [5.74, 6) is 2.18. The van der Waals surface area contributed by atoms with Crippen LogP contribution in [0.25, 0.3) is 0 Å². The molecule has 1 N–H and O–H groups in total. The number of carbonyl (C=O) groups excluding carboxylic acids is 2. The molecule has 0 heterocycles. The van der Waals surface area contributed by atoms with Crippen molar-refractivity contribution in [1.82, 2.24) is 5.32 Å². The summed E-state index contributed by atoms with van der Waals surface area (Å²) in [6.45, 7) is 0.139. The van der Waals surface area contributed by atoms with Crippen molar-refractivity contribution >= 4 is 23.5 Å². The molecule has 5 heteroatoms. The van der Waals surface area contributed by atoms with Crippen LogP contribution in [0.1, 0.15) is 37.7 Å². The summed E-state index contributed by atoms with van der Waals surface area (Å²) in [6, 6.07) is 7.37. The van der Waals surface area contributed by atoms with Crippen LogP contribution in [0.3, 0.4) is 0 Å². The third kappa shape index (κ3) is 3.55. The highest BCUT2D eigenvalue weighted by molar-refractivity contribution is 6.31. The molecule has 4 saturated carbocycles. The third-order valence-corrected chi connectivity index (χ3v) is 6.65. The maximum atomic E-state index is 12.5. The second-order valence-electron chi connectivity index (χ2n) is 7.93. The van der Waals surface area contributed by atoms with Crippen LogP contribution in [0.5, 0.6) is 0 Å². The van der Waals surface area contributed by atoms with Gasteiger partial charge in [0.1, 0.15) is 0 Å². The first kappa shape index (κ1) is 16.9. The average molecular weight is 362 g/mol. The van der Waals surface area contributed by atoms with Crippen molar-refractivity contribution in [3.63, 3.8) is 0 Å². The molecular formula is C20H24ClNO3. The first-order valence-corrected chi connectivity index (χ1v) is 9.64.